The van der Waals surface area contributed by atoms with E-state index < -0.39 is 22.2 Å². The SMILES string of the molecule is CCS(=O)(=O)Nc1ccc(NC(=O)C2CC(O)CN2)cc1.Cl. The number of aliphatic hydroxyl groups is 1. The van der Waals surface area contributed by atoms with Gasteiger partial charge in [-0.3, -0.25) is 9.52 Å². The van der Waals surface area contributed by atoms with Gasteiger partial charge < -0.3 is 15.7 Å². The molecule has 22 heavy (non-hydrogen) atoms. The molecule has 0 radical (unpaired) electrons. The first-order chi connectivity index (χ1) is 9.89. The van der Waals surface area contributed by atoms with Gasteiger partial charge in [-0.05, 0) is 37.6 Å². The molecule has 1 aliphatic rings. The Morgan fingerprint density at radius 1 is 1.32 bits per heavy atom. The highest BCUT2D eigenvalue weighted by Gasteiger charge is 2.27. The van der Waals surface area contributed by atoms with Crippen molar-refractivity contribution < 1.29 is 18.3 Å². The van der Waals surface area contributed by atoms with Crippen molar-refractivity contribution in [1.82, 2.24) is 5.32 Å². The van der Waals surface area contributed by atoms with Gasteiger partial charge in [-0.1, -0.05) is 0 Å². The number of halogens is 1. The zero-order valence-electron chi connectivity index (χ0n) is 12.1. The number of aliphatic hydroxyl groups excluding tert-OH is 1. The summed E-state index contributed by atoms with van der Waals surface area (Å²) in [6.45, 7) is 1.97. The Morgan fingerprint density at radius 3 is 2.41 bits per heavy atom. The van der Waals surface area contributed by atoms with Crippen LogP contribution >= 0.6 is 12.4 Å². The lowest BCUT2D eigenvalue weighted by molar-refractivity contribution is -0.117. The van der Waals surface area contributed by atoms with Crippen LogP contribution in [0.1, 0.15) is 13.3 Å². The fraction of sp³-hybridized carbons (Fsp3) is 0.462. The van der Waals surface area contributed by atoms with Crippen LogP contribution in [0.3, 0.4) is 0 Å². The molecule has 1 heterocycles. The average molecular weight is 350 g/mol. The predicted octanol–water partition coefficient (Wildman–Crippen LogP) is 0.531. The van der Waals surface area contributed by atoms with Crippen LogP contribution in [0.15, 0.2) is 24.3 Å². The number of benzene rings is 1. The Labute approximate surface area is 135 Å². The number of nitrogens with one attached hydrogen (secondary N) is 3. The third-order valence-corrected chi connectivity index (χ3v) is 4.54. The second kappa shape index (κ2) is 7.77. The molecule has 9 heteroatoms. The summed E-state index contributed by atoms with van der Waals surface area (Å²) < 4.78 is 25.3. The molecule has 2 rings (SSSR count). The molecule has 0 spiro atoms. The Balaban J connectivity index is 0.00000242. The molecule has 124 valence electrons. The van der Waals surface area contributed by atoms with Crippen LogP contribution < -0.4 is 15.4 Å². The maximum atomic E-state index is 11.9. The molecule has 1 fully saturated rings. The van der Waals surface area contributed by atoms with E-state index in [1.807, 2.05) is 0 Å². The van der Waals surface area contributed by atoms with E-state index in [1.54, 1.807) is 31.2 Å². The van der Waals surface area contributed by atoms with Crippen molar-refractivity contribution in [3.63, 3.8) is 0 Å². The van der Waals surface area contributed by atoms with Gasteiger partial charge >= 0.3 is 0 Å². The van der Waals surface area contributed by atoms with Crippen molar-refractivity contribution in [3.8, 4) is 0 Å². The maximum Gasteiger partial charge on any atom is 0.241 e. The minimum absolute atomic E-state index is 0. The highest BCUT2D eigenvalue weighted by Crippen LogP contribution is 2.16. The zero-order valence-corrected chi connectivity index (χ0v) is 13.7. The predicted molar refractivity (Wildman–Crippen MR) is 87.8 cm³/mol. The summed E-state index contributed by atoms with van der Waals surface area (Å²) in [5.74, 6) is -0.213. The second-order valence-corrected chi connectivity index (χ2v) is 6.93. The summed E-state index contributed by atoms with van der Waals surface area (Å²) in [5.41, 5.74) is 1.02. The third-order valence-electron chi connectivity index (χ3n) is 3.23. The van der Waals surface area contributed by atoms with Crippen LogP contribution in [0.2, 0.25) is 0 Å². The number of carbonyl (C=O) groups excluding carboxylic acids is 1. The van der Waals surface area contributed by atoms with Crippen LogP contribution in [0.5, 0.6) is 0 Å². The molecule has 0 aliphatic carbocycles. The Bertz CT molecular complexity index is 606. The van der Waals surface area contributed by atoms with Gasteiger partial charge in [0, 0.05) is 17.9 Å². The fourth-order valence-electron chi connectivity index (χ4n) is 2.02. The first kappa shape index (κ1) is 18.7. The number of sulfonamides is 1. The monoisotopic (exact) mass is 349 g/mol. The minimum atomic E-state index is -3.30. The Kier molecular flexibility index (Phi) is 6.61. The molecule has 2 unspecified atom stereocenters. The summed E-state index contributed by atoms with van der Waals surface area (Å²) in [4.78, 5) is 11.9. The van der Waals surface area contributed by atoms with Crippen LogP contribution in [0.25, 0.3) is 0 Å². The molecule has 0 aromatic heterocycles. The smallest absolute Gasteiger partial charge is 0.241 e. The summed E-state index contributed by atoms with van der Waals surface area (Å²) in [5, 5.41) is 15.0. The molecule has 7 nitrogen and oxygen atoms in total. The van der Waals surface area contributed by atoms with Crippen LogP contribution in [0, 0.1) is 0 Å². The topological polar surface area (TPSA) is 108 Å². The normalized spacial score (nSPS) is 21.0. The Hall–Kier alpha value is -1.35. The van der Waals surface area contributed by atoms with Crippen LogP contribution in [-0.4, -0.2) is 43.9 Å². The molecule has 1 amide bonds. The fourth-order valence-corrected chi connectivity index (χ4v) is 2.66. The molecule has 1 aromatic carbocycles. The standard InChI is InChI=1S/C13H19N3O4S.ClH/c1-2-21(19,20)16-10-5-3-9(4-6-10)15-13(18)12-7-11(17)8-14-12;/h3-6,11-12,14,16-17H,2,7-8H2,1H3,(H,15,18);1H. The Morgan fingerprint density at radius 2 is 1.91 bits per heavy atom. The lowest BCUT2D eigenvalue weighted by Crippen LogP contribution is -2.35. The lowest BCUT2D eigenvalue weighted by Gasteiger charge is -2.12. The number of amides is 1. The number of anilines is 2. The first-order valence-electron chi connectivity index (χ1n) is 6.72. The van der Waals surface area contributed by atoms with Gasteiger partial charge in [-0.15, -0.1) is 12.4 Å². The van der Waals surface area contributed by atoms with E-state index in [-0.39, 0.29) is 24.1 Å². The molecule has 4 N–H and O–H groups in total. The summed E-state index contributed by atoms with van der Waals surface area (Å²) in [6.07, 6.45) is -0.105. The van der Waals surface area contributed by atoms with Gasteiger partial charge in [0.1, 0.15) is 0 Å². The van der Waals surface area contributed by atoms with E-state index in [0.29, 0.717) is 24.3 Å². The van der Waals surface area contributed by atoms with Crippen molar-refractivity contribution >= 4 is 39.7 Å². The van der Waals surface area contributed by atoms with Crippen molar-refractivity contribution in [2.45, 2.75) is 25.5 Å². The highest BCUT2D eigenvalue weighted by atomic mass is 35.5. The van der Waals surface area contributed by atoms with E-state index >= 15 is 0 Å². The molecule has 1 aromatic rings. The molecular weight excluding hydrogens is 330 g/mol. The van der Waals surface area contributed by atoms with Crippen LogP contribution in [-0.2, 0) is 14.8 Å². The highest BCUT2D eigenvalue weighted by molar-refractivity contribution is 7.92. The average Bonchev–Trinajstić information content (AvgIpc) is 2.87. The number of hydrogen-bond acceptors (Lipinski definition) is 5. The third kappa shape index (κ3) is 5.13. The van der Waals surface area contributed by atoms with E-state index in [4.69, 9.17) is 0 Å². The van der Waals surface area contributed by atoms with E-state index in [9.17, 15) is 18.3 Å². The van der Waals surface area contributed by atoms with Gasteiger partial charge in [-0.25, -0.2) is 8.42 Å². The number of β-amino-alcohol motifs (C(OH)–C–C–N with tert-alkyl or cyclic N) is 1. The largest absolute Gasteiger partial charge is 0.392 e. The number of hydrogen-bond donors (Lipinski definition) is 4. The van der Waals surface area contributed by atoms with Crippen molar-refractivity contribution in [1.29, 1.82) is 0 Å². The zero-order chi connectivity index (χ0) is 15.5. The maximum absolute atomic E-state index is 11.9. The first-order valence-corrected chi connectivity index (χ1v) is 8.37. The molecular formula is C13H20ClN3O4S. The molecule has 0 saturated carbocycles. The van der Waals surface area contributed by atoms with Gasteiger partial charge in [0.2, 0.25) is 15.9 Å². The molecule has 1 aliphatic heterocycles. The van der Waals surface area contributed by atoms with E-state index in [0.717, 1.165) is 0 Å². The van der Waals surface area contributed by atoms with E-state index in [1.165, 1.54) is 0 Å². The summed E-state index contributed by atoms with van der Waals surface area (Å²) >= 11 is 0. The van der Waals surface area contributed by atoms with Crippen LogP contribution in [0.4, 0.5) is 11.4 Å². The van der Waals surface area contributed by atoms with Gasteiger partial charge in [0.25, 0.3) is 0 Å². The van der Waals surface area contributed by atoms with Gasteiger partial charge in [0.15, 0.2) is 0 Å². The molecule has 2 atom stereocenters. The van der Waals surface area contributed by atoms with Crippen molar-refractivity contribution in [2.75, 3.05) is 22.3 Å². The lowest BCUT2D eigenvalue weighted by atomic mass is 10.2. The minimum Gasteiger partial charge on any atom is -0.392 e. The summed E-state index contributed by atoms with van der Waals surface area (Å²) in [6, 6.07) is 6.01. The molecule has 0 bridgehead atoms. The van der Waals surface area contributed by atoms with Crippen molar-refractivity contribution in [3.05, 3.63) is 24.3 Å². The van der Waals surface area contributed by atoms with E-state index in [2.05, 4.69) is 15.4 Å². The summed E-state index contributed by atoms with van der Waals surface area (Å²) in [7, 11) is -3.30. The quantitative estimate of drug-likeness (QED) is 0.620. The number of rotatable bonds is 5. The molecule has 1 saturated heterocycles. The van der Waals surface area contributed by atoms with Gasteiger partial charge in [0.05, 0.1) is 17.9 Å². The van der Waals surface area contributed by atoms with Crippen molar-refractivity contribution in [2.24, 2.45) is 0 Å². The van der Waals surface area contributed by atoms with Gasteiger partial charge in [-0.2, -0.15) is 0 Å². The number of carbonyl (C=O) groups is 1. The second-order valence-electron chi connectivity index (χ2n) is 4.92.